The van der Waals surface area contributed by atoms with Gasteiger partial charge in [0.2, 0.25) is 0 Å². The third kappa shape index (κ3) is 5.51. The van der Waals surface area contributed by atoms with Gasteiger partial charge in [0.05, 0.1) is 11.7 Å². The molecule has 1 aliphatic rings. The zero-order chi connectivity index (χ0) is 20.2. The van der Waals surface area contributed by atoms with Crippen LogP contribution in [0.5, 0.6) is 0 Å². The van der Waals surface area contributed by atoms with Gasteiger partial charge in [-0.2, -0.15) is 0 Å². The lowest BCUT2D eigenvalue weighted by Crippen LogP contribution is -2.55. The number of piperidine rings is 1. The summed E-state index contributed by atoms with van der Waals surface area (Å²) in [5, 5.41) is 6.81. The number of hydrogen-bond donors (Lipinski definition) is 2. The molecule has 2 N–H and O–H groups in total. The van der Waals surface area contributed by atoms with E-state index in [4.69, 9.17) is 21.9 Å². The smallest absolute Gasteiger partial charge is 0.410 e. The van der Waals surface area contributed by atoms with E-state index in [1.165, 1.54) is 4.90 Å². The minimum Gasteiger partial charge on any atom is -0.444 e. The zero-order valence-corrected chi connectivity index (χ0v) is 16.6. The molecule has 2 heterocycles. The SMILES string of the molecule is CCc1[nH]c(C(=O)N[C@@H]2CCN(C(=O)OC(C)(C)C)C[C@@H]2N=[N+]=[N-])nc1Cl. The molecule has 2 rings (SSSR count). The Balaban J connectivity index is 2.05. The summed E-state index contributed by atoms with van der Waals surface area (Å²) in [6.07, 6.45) is 0.564. The highest BCUT2D eigenvalue weighted by Gasteiger charge is 2.34. The van der Waals surface area contributed by atoms with Crippen LogP contribution < -0.4 is 5.32 Å². The van der Waals surface area contributed by atoms with Crippen molar-refractivity contribution in [2.24, 2.45) is 5.11 Å². The molecule has 0 unspecified atom stereocenters. The number of aryl methyl sites for hydroxylation is 1. The summed E-state index contributed by atoms with van der Waals surface area (Å²) in [5.41, 5.74) is 8.90. The third-order valence-electron chi connectivity index (χ3n) is 4.05. The molecular formula is C16H24ClN7O3. The number of H-pyrrole nitrogens is 1. The van der Waals surface area contributed by atoms with E-state index < -0.39 is 29.7 Å². The van der Waals surface area contributed by atoms with Gasteiger partial charge in [-0.25, -0.2) is 9.78 Å². The Hall–Kier alpha value is -2.45. The Kier molecular flexibility index (Phi) is 6.56. The molecular weight excluding hydrogens is 374 g/mol. The number of aromatic nitrogens is 2. The minimum atomic E-state index is -0.619. The standard InChI is InChI=1S/C16H24ClN7O3/c1-5-9-12(17)21-13(19-9)14(25)20-10-6-7-24(8-11(10)22-23-18)15(26)27-16(2,3)4/h10-11H,5-8H2,1-4H3,(H,19,21)(H,20,25)/t10-,11+/m1/s1. The van der Waals surface area contributed by atoms with Crippen molar-refractivity contribution in [3.63, 3.8) is 0 Å². The van der Waals surface area contributed by atoms with Crippen molar-refractivity contribution >= 4 is 23.6 Å². The summed E-state index contributed by atoms with van der Waals surface area (Å²) < 4.78 is 5.35. The van der Waals surface area contributed by atoms with E-state index in [9.17, 15) is 9.59 Å². The molecule has 148 valence electrons. The summed E-state index contributed by atoms with van der Waals surface area (Å²) in [5.74, 6) is -0.337. The highest BCUT2D eigenvalue weighted by atomic mass is 35.5. The number of hydrogen-bond acceptors (Lipinski definition) is 5. The summed E-state index contributed by atoms with van der Waals surface area (Å²) >= 11 is 5.97. The van der Waals surface area contributed by atoms with Gasteiger partial charge in [-0.05, 0) is 39.1 Å². The molecule has 0 bridgehead atoms. The van der Waals surface area contributed by atoms with Crippen molar-refractivity contribution in [2.75, 3.05) is 13.1 Å². The number of nitrogens with one attached hydrogen (secondary N) is 2. The van der Waals surface area contributed by atoms with Crippen LogP contribution in [0, 0.1) is 0 Å². The number of imidazole rings is 1. The second-order valence-corrected chi connectivity index (χ2v) is 7.63. The lowest BCUT2D eigenvalue weighted by Gasteiger charge is -2.37. The minimum absolute atomic E-state index is 0.103. The number of azide groups is 1. The maximum Gasteiger partial charge on any atom is 0.410 e. The first kappa shape index (κ1) is 20.9. The van der Waals surface area contributed by atoms with Gasteiger partial charge in [0.15, 0.2) is 11.0 Å². The van der Waals surface area contributed by atoms with Crippen molar-refractivity contribution in [3.8, 4) is 0 Å². The molecule has 1 fully saturated rings. The van der Waals surface area contributed by atoms with E-state index in [2.05, 4.69) is 25.3 Å². The normalized spacial score (nSPS) is 20.0. The highest BCUT2D eigenvalue weighted by Crippen LogP contribution is 2.19. The van der Waals surface area contributed by atoms with Crippen LogP contribution in [0.4, 0.5) is 4.79 Å². The molecule has 0 aliphatic carbocycles. The van der Waals surface area contributed by atoms with E-state index >= 15 is 0 Å². The molecule has 10 nitrogen and oxygen atoms in total. The molecule has 1 saturated heterocycles. The number of nitrogens with zero attached hydrogens (tertiary/aromatic N) is 5. The second-order valence-electron chi connectivity index (χ2n) is 7.28. The monoisotopic (exact) mass is 397 g/mol. The number of halogens is 1. The maximum atomic E-state index is 12.4. The molecule has 2 amide bonds. The molecule has 0 radical (unpaired) electrons. The van der Waals surface area contributed by atoms with Crippen LogP contribution in [0.2, 0.25) is 5.15 Å². The zero-order valence-electron chi connectivity index (χ0n) is 15.8. The molecule has 1 aromatic rings. The van der Waals surface area contributed by atoms with Crippen LogP contribution in [0.25, 0.3) is 10.4 Å². The summed E-state index contributed by atoms with van der Waals surface area (Å²) in [6.45, 7) is 7.76. The van der Waals surface area contributed by atoms with Crippen LogP contribution in [0.1, 0.15) is 50.4 Å². The average molecular weight is 398 g/mol. The van der Waals surface area contributed by atoms with Gasteiger partial charge in [0.1, 0.15) is 5.60 Å². The van der Waals surface area contributed by atoms with Crippen LogP contribution in [0.15, 0.2) is 5.11 Å². The van der Waals surface area contributed by atoms with Crippen molar-refractivity contribution in [3.05, 3.63) is 27.1 Å². The Morgan fingerprint density at radius 2 is 2.22 bits per heavy atom. The third-order valence-corrected chi connectivity index (χ3v) is 4.36. The summed E-state index contributed by atoms with van der Waals surface area (Å²) in [7, 11) is 0. The van der Waals surface area contributed by atoms with Crippen molar-refractivity contribution < 1.29 is 14.3 Å². The van der Waals surface area contributed by atoms with Crippen molar-refractivity contribution in [2.45, 2.75) is 58.2 Å². The molecule has 0 spiro atoms. The summed E-state index contributed by atoms with van der Waals surface area (Å²) in [4.78, 5) is 35.9. The highest BCUT2D eigenvalue weighted by molar-refractivity contribution is 6.30. The number of ether oxygens (including phenoxy) is 1. The van der Waals surface area contributed by atoms with Gasteiger partial charge < -0.3 is 19.9 Å². The number of likely N-dealkylation sites (tertiary alicyclic amines) is 1. The van der Waals surface area contributed by atoms with Gasteiger partial charge >= 0.3 is 6.09 Å². The van der Waals surface area contributed by atoms with E-state index in [0.717, 1.165) is 0 Å². The van der Waals surface area contributed by atoms with E-state index in [-0.39, 0.29) is 17.5 Å². The van der Waals surface area contributed by atoms with Gasteiger partial charge in [-0.15, -0.1) is 0 Å². The molecule has 0 aromatic carbocycles. The lowest BCUT2D eigenvalue weighted by atomic mass is 10.00. The topological polar surface area (TPSA) is 136 Å². The Morgan fingerprint density at radius 1 is 1.52 bits per heavy atom. The van der Waals surface area contributed by atoms with Gasteiger partial charge in [-0.3, -0.25) is 4.79 Å². The largest absolute Gasteiger partial charge is 0.444 e. The number of aromatic amines is 1. The van der Waals surface area contributed by atoms with Crippen LogP contribution in [0.3, 0.4) is 0 Å². The first-order chi connectivity index (χ1) is 12.6. The Labute approximate surface area is 162 Å². The molecule has 27 heavy (non-hydrogen) atoms. The van der Waals surface area contributed by atoms with Gasteiger partial charge in [0, 0.05) is 24.0 Å². The number of carbonyl (C=O) groups is 2. The predicted molar refractivity (Wildman–Crippen MR) is 99.6 cm³/mol. The second kappa shape index (κ2) is 8.49. The van der Waals surface area contributed by atoms with Gasteiger partial charge in [-0.1, -0.05) is 23.6 Å². The van der Waals surface area contributed by atoms with Crippen LogP contribution in [-0.4, -0.2) is 57.6 Å². The molecule has 0 saturated carbocycles. The maximum absolute atomic E-state index is 12.4. The van der Waals surface area contributed by atoms with Gasteiger partial charge in [0.25, 0.3) is 5.91 Å². The first-order valence-corrected chi connectivity index (χ1v) is 9.09. The fourth-order valence-electron chi connectivity index (χ4n) is 2.74. The number of rotatable bonds is 4. The summed E-state index contributed by atoms with van der Waals surface area (Å²) in [6, 6.07) is -1.04. The lowest BCUT2D eigenvalue weighted by molar-refractivity contribution is 0.0180. The van der Waals surface area contributed by atoms with E-state index in [1.54, 1.807) is 20.8 Å². The van der Waals surface area contributed by atoms with Crippen molar-refractivity contribution in [1.29, 1.82) is 0 Å². The van der Waals surface area contributed by atoms with Crippen molar-refractivity contribution in [1.82, 2.24) is 20.2 Å². The van der Waals surface area contributed by atoms with E-state index in [0.29, 0.717) is 25.1 Å². The quantitative estimate of drug-likeness (QED) is 0.458. The van der Waals surface area contributed by atoms with E-state index in [1.807, 2.05) is 6.92 Å². The Morgan fingerprint density at radius 3 is 2.78 bits per heavy atom. The number of carbonyl (C=O) groups excluding carboxylic acids is 2. The average Bonchev–Trinajstić information content (AvgIpc) is 2.96. The molecule has 2 atom stereocenters. The Bertz CT molecular complexity index is 752. The fraction of sp³-hybridized carbons (Fsp3) is 0.688. The van der Waals surface area contributed by atoms with Crippen LogP contribution in [-0.2, 0) is 11.2 Å². The molecule has 1 aromatic heterocycles. The predicted octanol–water partition coefficient (Wildman–Crippen LogP) is 3.04. The number of amides is 2. The first-order valence-electron chi connectivity index (χ1n) is 8.72. The van der Waals surface area contributed by atoms with Crippen LogP contribution >= 0.6 is 11.6 Å². The fourth-order valence-corrected chi connectivity index (χ4v) is 3.01. The molecule has 11 heteroatoms. The molecule has 1 aliphatic heterocycles.